The van der Waals surface area contributed by atoms with Crippen LogP contribution < -0.4 is 10.2 Å². The molecule has 0 saturated heterocycles. The smallest absolute Gasteiger partial charge is 0.307 e. The van der Waals surface area contributed by atoms with Crippen molar-refractivity contribution in [3.05, 3.63) is 33.4 Å². The second-order valence-electron chi connectivity index (χ2n) is 4.48. The van der Waals surface area contributed by atoms with Crippen molar-refractivity contribution in [2.24, 2.45) is 7.05 Å². The fourth-order valence-electron chi connectivity index (χ4n) is 1.82. The lowest BCUT2D eigenvalue weighted by Crippen LogP contribution is -2.17. The van der Waals surface area contributed by atoms with Crippen molar-refractivity contribution in [1.29, 1.82) is 0 Å². The Balaban J connectivity index is 2.04. The summed E-state index contributed by atoms with van der Waals surface area (Å²) >= 11 is 1.26. The molecule has 0 aliphatic rings. The van der Waals surface area contributed by atoms with E-state index in [9.17, 15) is 9.18 Å². The fraction of sp³-hybridized carbons (Fsp3) is 0.462. The van der Waals surface area contributed by atoms with Crippen LogP contribution in [0.15, 0.2) is 23.0 Å². The van der Waals surface area contributed by atoms with Crippen molar-refractivity contribution in [1.82, 2.24) is 9.88 Å². The van der Waals surface area contributed by atoms with Gasteiger partial charge in [-0.15, -0.1) is 0 Å². The molecule has 1 aromatic carbocycles. The summed E-state index contributed by atoms with van der Waals surface area (Å²) in [5.74, 6) is 0. The van der Waals surface area contributed by atoms with Crippen LogP contribution in [0, 0.1) is 0 Å². The van der Waals surface area contributed by atoms with Gasteiger partial charge in [0, 0.05) is 13.6 Å². The average molecular weight is 268 g/mol. The fourth-order valence-corrected chi connectivity index (χ4v) is 2.77. The van der Waals surface area contributed by atoms with E-state index in [1.807, 2.05) is 18.2 Å². The van der Waals surface area contributed by atoms with Gasteiger partial charge in [-0.05, 0) is 37.6 Å². The van der Waals surface area contributed by atoms with E-state index >= 15 is 0 Å². The SMILES string of the molecule is CC(F)CCNCc1ccc2c(c1)sc(=O)n2C. The third-order valence-electron chi connectivity index (χ3n) is 2.90. The molecule has 1 unspecified atom stereocenters. The van der Waals surface area contributed by atoms with Crippen LogP contribution in [0.4, 0.5) is 4.39 Å². The number of hydrogen-bond acceptors (Lipinski definition) is 3. The molecule has 98 valence electrons. The maximum atomic E-state index is 12.6. The molecule has 1 N–H and O–H groups in total. The van der Waals surface area contributed by atoms with Gasteiger partial charge in [0.25, 0.3) is 0 Å². The number of hydrogen-bond donors (Lipinski definition) is 1. The van der Waals surface area contributed by atoms with Gasteiger partial charge in [-0.25, -0.2) is 4.39 Å². The molecule has 5 heteroatoms. The Morgan fingerprint density at radius 1 is 1.50 bits per heavy atom. The molecule has 0 saturated carbocycles. The van der Waals surface area contributed by atoms with E-state index in [0.717, 1.165) is 15.8 Å². The van der Waals surface area contributed by atoms with E-state index in [4.69, 9.17) is 0 Å². The molecule has 18 heavy (non-hydrogen) atoms. The normalized spacial score (nSPS) is 13.1. The molecule has 0 bridgehead atoms. The largest absolute Gasteiger partial charge is 0.313 e. The first-order chi connectivity index (χ1) is 8.58. The number of benzene rings is 1. The minimum Gasteiger partial charge on any atom is -0.313 e. The highest BCUT2D eigenvalue weighted by atomic mass is 32.1. The number of nitrogens with one attached hydrogen (secondary N) is 1. The first-order valence-electron chi connectivity index (χ1n) is 6.01. The highest BCUT2D eigenvalue weighted by molar-refractivity contribution is 7.16. The van der Waals surface area contributed by atoms with Crippen molar-refractivity contribution in [3.63, 3.8) is 0 Å². The van der Waals surface area contributed by atoms with Crippen LogP contribution in [-0.4, -0.2) is 17.3 Å². The molecule has 0 aliphatic heterocycles. The van der Waals surface area contributed by atoms with E-state index in [-0.39, 0.29) is 4.87 Å². The second kappa shape index (κ2) is 5.63. The maximum Gasteiger partial charge on any atom is 0.307 e. The standard InChI is InChI=1S/C13H17FN2OS/c1-9(14)5-6-15-8-10-3-4-11-12(7-10)18-13(17)16(11)2/h3-4,7,9,15H,5-6,8H2,1-2H3. The molecule has 0 amide bonds. The van der Waals surface area contributed by atoms with E-state index in [0.29, 0.717) is 19.5 Å². The van der Waals surface area contributed by atoms with Crippen molar-refractivity contribution in [2.45, 2.75) is 26.1 Å². The summed E-state index contributed by atoms with van der Waals surface area (Å²) in [6, 6.07) is 5.98. The summed E-state index contributed by atoms with van der Waals surface area (Å²) in [5, 5.41) is 3.20. The molecule has 1 heterocycles. The summed E-state index contributed by atoms with van der Waals surface area (Å²) in [5.41, 5.74) is 2.09. The van der Waals surface area contributed by atoms with Gasteiger partial charge in [-0.2, -0.15) is 0 Å². The minimum atomic E-state index is -0.764. The number of halogens is 1. The van der Waals surface area contributed by atoms with Gasteiger partial charge in [0.2, 0.25) is 0 Å². The summed E-state index contributed by atoms with van der Waals surface area (Å²) in [6.07, 6.45) is -0.236. The molecule has 0 aliphatic carbocycles. The summed E-state index contributed by atoms with van der Waals surface area (Å²) in [4.78, 5) is 11.6. The van der Waals surface area contributed by atoms with Gasteiger partial charge in [0.15, 0.2) is 0 Å². The zero-order chi connectivity index (χ0) is 13.1. The monoisotopic (exact) mass is 268 g/mol. The summed E-state index contributed by atoms with van der Waals surface area (Å²) in [6.45, 7) is 2.94. The summed E-state index contributed by atoms with van der Waals surface area (Å²) < 4.78 is 15.3. The van der Waals surface area contributed by atoms with Crippen molar-refractivity contribution in [3.8, 4) is 0 Å². The van der Waals surface area contributed by atoms with Gasteiger partial charge in [-0.3, -0.25) is 4.79 Å². The van der Waals surface area contributed by atoms with E-state index in [2.05, 4.69) is 5.32 Å². The van der Waals surface area contributed by atoms with Crippen LogP contribution in [0.5, 0.6) is 0 Å². The van der Waals surface area contributed by atoms with Crippen LogP contribution in [0.25, 0.3) is 10.2 Å². The van der Waals surface area contributed by atoms with Crippen molar-refractivity contribution >= 4 is 21.6 Å². The Kier molecular flexibility index (Phi) is 4.14. The Labute approximate surface area is 109 Å². The molecular weight excluding hydrogens is 251 g/mol. The van der Waals surface area contributed by atoms with Crippen molar-refractivity contribution < 1.29 is 4.39 Å². The third kappa shape index (κ3) is 2.97. The zero-order valence-corrected chi connectivity index (χ0v) is 11.4. The molecule has 0 radical (unpaired) electrons. The van der Waals surface area contributed by atoms with Gasteiger partial charge in [0.05, 0.1) is 16.4 Å². The molecule has 2 aromatic rings. The third-order valence-corrected chi connectivity index (χ3v) is 3.90. The van der Waals surface area contributed by atoms with Gasteiger partial charge >= 0.3 is 4.87 Å². The molecule has 1 atom stereocenters. The van der Waals surface area contributed by atoms with Crippen LogP contribution in [-0.2, 0) is 13.6 Å². The van der Waals surface area contributed by atoms with Crippen LogP contribution in [0.2, 0.25) is 0 Å². The zero-order valence-electron chi connectivity index (χ0n) is 10.6. The molecule has 3 nitrogen and oxygen atoms in total. The van der Waals surface area contributed by atoms with E-state index < -0.39 is 6.17 Å². The van der Waals surface area contributed by atoms with Crippen LogP contribution >= 0.6 is 11.3 Å². The number of alkyl halides is 1. The predicted molar refractivity (Wildman–Crippen MR) is 74.0 cm³/mol. The number of nitrogens with zero attached hydrogens (tertiary/aromatic N) is 1. The first kappa shape index (κ1) is 13.2. The van der Waals surface area contributed by atoms with Crippen LogP contribution in [0.3, 0.4) is 0 Å². The van der Waals surface area contributed by atoms with Gasteiger partial charge < -0.3 is 9.88 Å². The minimum absolute atomic E-state index is 0.0568. The number of aromatic nitrogens is 1. The highest BCUT2D eigenvalue weighted by Crippen LogP contribution is 2.18. The quantitative estimate of drug-likeness (QED) is 0.845. The number of fused-ring (bicyclic) bond motifs is 1. The highest BCUT2D eigenvalue weighted by Gasteiger charge is 2.04. The topological polar surface area (TPSA) is 34.0 Å². The lowest BCUT2D eigenvalue weighted by Gasteiger charge is -2.05. The van der Waals surface area contributed by atoms with Crippen LogP contribution in [0.1, 0.15) is 18.9 Å². The van der Waals surface area contributed by atoms with Crippen molar-refractivity contribution in [2.75, 3.05) is 6.54 Å². The van der Waals surface area contributed by atoms with Gasteiger partial charge in [0.1, 0.15) is 0 Å². The summed E-state index contributed by atoms with van der Waals surface area (Å²) in [7, 11) is 1.78. The molecular formula is C13H17FN2OS. The lowest BCUT2D eigenvalue weighted by molar-refractivity contribution is 0.336. The molecule has 2 rings (SSSR count). The number of thiazole rings is 1. The van der Waals surface area contributed by atoms with E-state index in [1.165, 1.54) is 11.3 Å². The number of rotatable bonds is 5. The van der Waals surface area contributed by atoms with E-state index in [1.54, 1.807) is 18.5 Å². The number of aryl methyl sites for hydroxylation is 1. The second-order valence-corrected chi connectivity index (χ2v) is 5.47. The molecule has 0 spiro atoms. The Bertz CT molecular complexity index is 588. The average Bonchev–Trinajstić information content (AvgIpc) is 2.60. The Hall–Kier alpha value is -1.20. The predicted octanol–water partition coefficient (Wildman–Crippen LogP) is 2.44. The Morgan fingerprint density at radius 2 is 2.28 bits per heavy atom. The Morgan fingerprint density at radius 3 is 3.00 bits per heavy atom. The lowest BCUT2D eigenvalue weighted by atomic mass is 10.2. The molecule has 1 aromatic heterocycles. The first-order valence-corrected chi connectivity index (χ1v) is 6.83. The molecule has 0 fully saturated rings. The van der Waals surface area contributed by atoms with Gasteiger partial charge in [-0.1, -0.05) is 17.4 Å². The maximum absolute atomic E-state index is 12.6.